The highest BCUT2D eigenvalue weighted by atomic mass is 16.3. The van der Waals surface area contributed by atoms with Crippen molar-refractivity contribution in [1.82, 2.24) is 5.32 Å². The number of carbonyl (C=O) groups excluding carboxylic acids is 2. The average Bonchev–Trinajstić information content (AvgIpc) is 2.59. The normalized spacial score (nSPS) is 11.7. The van der Waals surface area contributed by atoms with Crippen LogP contribution in [-0.4, -0.2) is 23.9 Å². The topological polar surface area (TPSA) is 66.4 Å². The summed E-state index contributed by atoms with van der Waals surface area (Å²) in [7, 11) is 0. The van der Waals surface area contributed by atoms with Crippen molar-refractivity contribution in [2.45, 2.75) is 18.9 Å². The third-order valence-corrected chi connectivity index (χ3v) is 3.47. The van der Waals surface area contributed by atoms with Gasteiger partial charge in [0.25, 0.3) is 5.91 Å². The first-order valence-corrected chi connectivity index (χ1v) is 7.26. The van der Waals surface area contributed by atoms with E-state index >= 15 is 0 Å². The lowest BCUT2D eigenvalue weighted by Gasteiger charge is -2.19. The summed E-state index contributed by atoms with van der Waals surface area (Å²) in [6.07, 6.45) is 2.03. The molecule has 0 heterocycles. The molecule has 1 atom stereocenters. The monoisotopic (exact) mass is 297 g/mol. The Balaban J connectivity index is 2.11. The highest BCUT2D eigenvalue weighted by Gasteiger charge is 2.15. The zero-order valence-corrected chi connectivity index (χ0v) is 12.2. The zero-order valence-electron chi connectivity index (χ0n) is 12.2. The molecule has 0 fully saturated rings. The van der Waals surface area contributed by atoms with E-state index in [1.54, 1.807) is 24.3 Å². The van der Waals surface area contributed by atoms with Crippen LogP contribution < -0.4 is 5.32 Å². The van der Waals surface area contributed by atoms with Gasteiger partial charge in [0.05, 0.1) is 6.04 Å². The highest BCUT2D eigenvalue weighted by Crippen LogP contribution is 2.19. The summed E-state index contributed by atoms with van der Waals surface area (Å²) in [5.74, 6) is -0.191. The second kappa shape index (κ2) is 8.10. The number of aldehydes is 1. The van der Waals surface area contributed by atoms with E-state index < -0.39 is 0 Å². The molecule has 114 valence electrons. The number of carbonyl (C=O) groups is 2. The van der Waals surface area contributed by atoms with Crippen molar-refractivity contribution < 1.29 is 14.7 Å². The van der Waals surface area contributed by atoms with Crippen LogP contribution in [0.1, 0.15) is 45.2 Å². The van der Waals surface area contributed by atoms with Crippen LogP contribution in [0.25, 0.3) is 0 Å². The molecule has 2 aromatic rings. The van der Waals surface area contributed by atoms with Gasteiger partial charge in [0.1, 0.15) is 6.29 Å². The first-order chi connectivity index (χ1) is 10.7. The molecule has 4 heteroatoms. The van der Waals surface area contributed by atoms with E-state index in [0.717, 1.165) is 11.8 Å². The van der Waals surface area contributed by atoms with Gasteiger partial charge in [0, 0.05) is 17.7 Å². The second-order valence-corrected chi connectivity index (χ2v) is 5.04. The van der Waals surface area contributed by atoms with Crippen LogP contribution in [0.2, 0.25) is 0 Å². The van der Waals surface area contributed by atoms with E-state index in [1.807, 2.05) is 30.3 Å². The van der Waals surface area contributed by atoms with Crippen LogP contribution in [0.4, 0.5) is 0 Å². The molecule has 0 aliphatic rings. The summed E-state index contributed by atoms with van der Waals surface area (Å²) < 4.78 is 0. The Kier molecular flexibility index (Phi) is 5.86. The largest absolute Gasteiger partial charge is 0.396 e. The van der Waals surface area contributed by atoms with E-state index in [2.05, 4.69) is 5.32 Å². The number of rotatable bonds is 7. The summed E-state index contributed by atoms with van der Waals surface area (Å²) in [4.78, 5) is 23.0. The van der Waals surface area contributed by atoms with Gasteiger partial charge in [0.15, 0.2) is 0 Å². The van der Waals surface area contributed by atoms with Gasteiger partial charge in [-0.15, -0.1) is 0 Å². The average molecular weight is 297 g/mol. The molecule has 2 aromatic carbocycles. The van der Waals surface area contributed by atoms with E-state index in [0.29, 0.717) is 24.0 Å². The molecule has 0 bridgehead atoms. The van der Waals surface area contributed by atoms with Gasteiger partial charge in [-0.05, 0) is 30.5 Å². The number of amides is 1. The summed E-state index contributed by atoms with van der Waals surface area (Å²) in [5.41, 5.74) is 2.06. The standard InChI is InChI=1S/C18H19NO3/c20-12-4-7-17(15-5-2-1-3-6-15)19-18(22)16-10-8-14(13-21)9-11-16/h1-3,5-6,8-11,13,17,20H,4,7,12H2,(H,19,22). The van der Waals surface area contributed by atoms with Crippen LogP contribution in [0.5, 0.6) is 0 Å². The van der Waals surface area contributed by atoms with Gasteiger partial charge >= 0.3 is 0 Å². The van der Waals surface area contributed by atoms with Crippen LogP contribution in [0.3, 0.4) is 0 Å². The number of hydrogen-bond donors (Lipinski definition) is 2. The van der Waals surface area contributed by atoms with Crippen molar-refractivity contribution in [2.75, 3.05) is 6.61 Å². The maximum atomic E-state index is 12.3. The molecule has 0 saturated carbocycles. The van der Waals surface area contributed by atoms with Crippen LogP contribution >= 0.6 is 0 Å². The van der Waals surface area contributed by atoms with Crippen molar-refractivity contribution in [3.63, 3.8) is 0 Å². The quantitative estimate of drug-likeness (QED) is 0.772. The van der Waals surface area contributed by atoms with Crippen LogP contribution in [0.15, 0.2) is 54.6 Å². The molecule has 2 N–H and O–H groups in total. The highest BCUT2D eigenvalue weighted by molar-refractivity contribution is 5.95. The number of aliphatic hydroxyl groups is 1. The Bertz CT molecular complexity index is 608. The van der Waals surface area contributed by atoms with Gasteiger partial charge in [-0.1, -0.05) is 42.5 Å². The van der Waals surface area contributed by atoms with Crippen molar-refractivity contribution in [2.24, 2.45) is 0 Å². The van der Waals surface area contributed by atoms with Crippen molar-refractivity contribution in [3.8, 4) is 0 Å². The Hall–Kier alpha value is -2.46. The minimum Gasteiger partial charge on any atom is -0.396 e. The molecule has 0 aliphatic carbocycles. The maximum Gasteiger partial charge on any atom is 0.251 e. The van der Waals surface area contributed by atoms with E-state index in [4.69, 9.17) is 5.11 Å². The summed E-state index contributed by atoms with van der Waals surface area (Å²) >= 11 is 0. The number of aliphatic hydroxyl groups excluding tert-OH is 1. The predicted octanol–water partition coefficient (Wildman–Crippen LogP) is 2.74. The Labute approximate surface area is 129 Å². The van der Waals surface area contributed by atoms with E-state index in [-0.39, 0.29) is 18.6 Å². The van der Waals surface area contributed by atoms with Gasteiger partial charge in [-0.2, -0.15) is 0 Å². The van der Waals surface area contributed by atoms with Crippen molar-refractivity contribution >= 4 is 12.2 Å². The SMILES string of the molecule is O=Cc1ccc(C(=O)NC(CCCO)c2ccccc2)cc1. The summed E-state index contributed by atoms with van der Waals surface area (Å²) in [6.45, 7) is 0.0905. The molecular weight excluding hydrogens is 278 g/mol. The Morgan fingerprint density at radius 2 is 1.77 bits per heavy atom. The third kappa shape index (κ3) is 4.27. The lowest BCUT2D eigenvalue weighted by Crippen LogP contribution is -2.28. The van der Waals surface area contributed by atoms with Gasteiger partial charge in [0.2, 0.25) is 0 Å². The lowest BCUT2D eigenvalue weighted by atomic mass is 10.0. The van der Waals surface area contributed by atoms with Crippen molar-refractivity contribution in [3.05, 3.63) is 71.3 Å². The molecular formula is C18H19NO3. The molecule has 22 heavy (non-hydrogen) atoms. The first kappa shape index (κ1) is 15.9. The van der Waals surface area contributed by atoms with Crippen LogP contribution in [-0.2, 0) is 0 Å². The molecule has 0 spiro atoms. The number of nitrogens with one attached hydrogen (secondary N) is 1. The van der Waals surface area contributed by atoms with Gasteiger partial charge in [-0.3, -0.25) is 9.59 Å². The van der Waals surface area contributed by atoms with Gasteiger partial charge < -0.3 is 10.4 Å². The molecule has 0 radical (unpaired) electrons. The minimum atomic E-state index is -0.191. The Morgan fingerprint density at radius 1 is 1.09 bits per heavy atom. The van der Waals surface area contributed by atoms with Crippen molar-refractivity contribution in [1.29, 1.82) is 0 Å². The zero-order chi connectivity index (χ0) is 15.8. The molecule has 2 rings (SSSR count). The number of hydrogen-bond acceptors (Lipinski definition) is 3. The fourth-order valence-corrected chi connectivity index (χ4v) is 2.26. The fraction of sp³-hybridized carbons (Fsp3) is 0.222. The molecule has 1 unspecified atom stereocenters. The van der Waals surface area contributed by atoms with Gasteiger partial charge in [-0.25, -0.2) is 0 Å². The first-order valence-electron chi connectivity index (χ1n) is 7.26. The molecule has 4 nitrogen and oxygen atoms in total. The lowest BCUT2D eigenvalue weighted by molar-refractivity contribution is 0.0931. The summed E-state index contributed by atoms with van der Waals surface area (Å²) in [6, 6.07) is 16.0. The molecule has 0 aromatic heterocycles. The molecule has 1 amide bonds. The smallest absolute Gasteiger partial charge is 0.251 e. The summed E-state index contributed by atoms with van der Waals surface area (Å²) in [5, 5.41) is 12.0. The number of benzene rings is 2. The molecule has 0 aliphatic heterocycles. The minimum absolute atomic E-state index is 0.0905. The second-order valence-electron chi connectivity index (χ2n) is 5.04. The van der Waals surface area contributed by atoms with E-state index in [9.17, 15) is 9.59 Å². The van der Waals surface area contributed by atoms with Crippen LogP contribution in [0, 0.1) is 0 Å². The predicted molar refractivity (Wildman–Crippen MR) is 84.8 cm³/mol. The fourth-order valence-electron chi connectivity index (χ4n) is 2.26. The van der Waals surface area contributed by atoms with E-state index in [1.165, 1.54) is 0 Å². The molecule has 0 saturated heterocycles. The maximum absolute atomic E-state index is 12.3. The Morgan fingerprint density at radius 3 is 2.36 bits per heavy atom. The third-order valence-electron chi connectivity index (χ3n) is 3.47.